The van der Waals surface area contributed by atoms with Crippen molar-refractivity contribution in [2.45, 2.75) is 33.2 Å². The largest absolute Gasteiger partial charge is 0.371 e. The molecule has 4 rings (SSSR count). The second-order valence-electron chi connectivity index (χ2n) is 7.63. The molecule has 30 heavy (non-hydrogen) atoms. The van der Waals surface area contributed by atoms with E-state index in [1.165, 1.54) is 0 Å². The Hall–Kier alpha value is -3.42. The summed E-state index contributed by atoms with van der Waals surface area (Å²) in [6.45, 7) is 4.46. The molecule has 8 nitrogen and oxygen atoms in total. The summed E-state index contributed by atoms with van der Waals surface area (Å²) in [6.07, 6.45) is 3.68. The third-order valence-corrected chi connectivity index (χ3v) is 5.37. The lowest BCUT2D eigenvalue weighted by molar-refractivity contribution is -0.124. The number of rotatable bonds is 7. The molecule has 0 saturated carbocycles. The van der Waals surface area contributed by atoms with Gasteiger partial charge in [-0.3, -0.25) is 4.79 Å². The highest BCUT2D eigenvalue weighted by Gasteiger charge is 2.16. The number of nitrogens with one attached hydrogen (secondary N) is 3. The van der Waals surface area contributed by atoms with E-state index in [9.17, 15) is 4.79 Å². The highest BCUT2D eigenvalue weighted by Crippen LogP contribution is 2.31. The van der Waals surface area contributed by atoms with Crippen LogP contribution in [0.15, 0.2) is 30.6 Å². The standard InChI is InChI=1S/C22H27N7O/c1-5-7-13(2)22(30)24-11-14-8-6-9-16(26-14)17-10-15-19-18(25-12-29(19)4)21(23-3)28-20(15)27-17/h6,8-10,12-13H,5,7,11H2,1-4H3,(H,24,30)(H2,23,27,28). The topological polar surface area (TPSA) is 101 Å². The van der Waals surface area contributed by atoms with Crippen molar-refractivity contribution in [3.8, 4) is 11.4 Å². The zero-order valence-corrected chi connectivity index (χ0v) is 17.8. The number of hydrogen-bond acceptors (Lipinski definition) is 5. The Labute approximate surface area is 175 Å². The molecule has 0 spiro atoms. The van der Waals surface area contributed by atoms with Crippen LogP contribution in [0.5, 0.6) is 0 Å². The van der Waals surface area contributed by atoms with Crippen LogP contribution >= 0.6 is 0 Å². The van der Waals surface area contributed by atoms with Crippen LogP contribution in [-0.4, -0.2) is 37.5 Å². The maximum atomic E-state index is 12.2. The molecular weight excluding hydrogens is 378 g/mol. The molecule has 1 atom stereocenters. The molecule has 0 bridgehead atoms. The minimum atomic E-state index is 0.0145. The summed E-state index contributed by atoms with van der Waals surface area (Å²) in [5, 5.41) is 7.10. The predicted molar refractivity (Wildman–Crippen MR) is 119 cm³/mol. The van der Waals surface area contributed by atoms with Gasteiger partial charge in [0.25, 0.3) is 0 Å². The van der Waals surface area contributed by atoms with Crippen molar-refractivity contribution in [3.05, 3.63) is 36.3 Å². The van der Waals surface area contributed by atoms with Crippen molar-refractivity contribution in [1.82, 2.24) is 29.8 Å². The number of anilines is 1. The van der Waals surface area contributed by atoms with Gasteiger partial charge in [-0.25, -0.2) is 15.0 Å². The van der Waals surface area contributed by atoms with Crippen molar-refractivity contribution in [2.24, 2.45) is 13.0 Å². The second-order valence-corrected chi connectivity index (χ2v) is 7.63. The Morgan fingerprint density at radius 2 is 2.13 bits per heavy atom. The molecule has 4 heterocycles. The molecule has 0 aliphatic heterocycles. The van der Waals surface area contributed by atoms with Gasteiger partial charge in [0.15, 0.2) is 5.82 Å². The van der Waals surface area contributed by atoms with Crippen molar-refractivity contribution in [2.75, 3.05) is 12.4 Å². The Morgan fingerprint density at radius 1 is 1.30 bits per heavy atom. The van der Waals surface area contributed by atoms with Gasteiger partial charge in [-0.2, -0.15) is 0 Å². The Kier molecular flexibility index (Phi) is 5.39. The molecule has 4 aromatic rings. The summed E-state index contributed by atoms with van der Waals surface area (Å²) in [6, 6.07) is 7.89. The SMILES string of the molecule is CCCC(C)C(=O)NCc1cccc(-c2cc3c(nc(NC)c4ncn(C)c43)[nH]2)n1. The van der Waals surface area contributed by atoms with E-state index in [1.807, 2.05) is 43.8 Å². The van der Waals surface area contributed by atoms with E-state index in [2.05, 4.69) is 38.6 Å². The van der Waals surface area contributed by atoms with E-state index in [0.717, 1.165) is 57.8 Å². The molecule has 1 unspecified atom stereocenters. The first-order valence-electron chi connectivity index (χ1n) is 10.3. The van der Waals surface area contributed by atoms with Crippen LogP contribution in [0, 0.1) is 5.92 Å². The summed E-state index contributed by atoms with van der Waals surface area (Å²) in [5.74, 6) is 0.815. The first-order chi connectivity index (χ1) is 14.5. The first kappa shape index (κ1) is 19.9. The normalized spacial score (nSPS) is 12.4. The number of amides is 1. The van der Waals surface area contributed by atoms with E-state index in [1.54, 1.807) is 6.33 Å². The van der Waals surface area contributed by atoms with E-state index >= 15 is 0 Å². The fourth-order valence-corrected chi connectivity index (χ4v) is 3.75. The van der Waals surface area contributed by atoms with Crippen LogP contribution in [0.2, 0.25) is 0 Å². The zero-order chi connectivity index (χ0) is 21.3. The Balaban J connectivity index is 1.64. The van der Waals surface area contributed by atoms with Crippen molar-refractivity contribution in [1.29, 1.82) is 0 Å². The average Bonchev–Trinajstić information content (AvgIpc) is 3.35. The van der Waals surface area contributed by atoms with Gasteiger partial charge in [0.1, 0.15) is 11.2 Å². The van der Waals surface area contributed by atoms with Gasteiger partial charge in [-0.05, 0) is 24.6 Å². The minimum Gasteiger partial charge on any atom is -0.371 e. The minimum absolute atomic E-state index is 0.0145. The third-order valence-electron chi connectivity index (χ3n) is 5.37. The maximum Gasteiger partial charge on any atom is 0.223 e. The Morgan fingerprint density at radius 3 is 2.90 bits per heavy atom. The van der Waals surface area contributed by atoms with Crippen LogP contribution in [0.1, 0.15) is 32.4 Å². The molecule has 0 radical (unpaired) electrons. The zero-order valence-electron chi connectivity index (χ0n) is 17.8. The molecule has 4 aromatic heterocycles. The number of H-pyrrole nitrogens is 1. The van der Waals surface area contributed by atoms with E-state index < -0.39 is 0 Å². The lowest BCUT2D eigenvalue weighted by Gasteiger charge is -2.11. The number of fused-ring (bicyclic) bond motifs is 3. The van der Waals surface area contributed by atoms with Crippen molar-refractivity contribution < 1.29 is 4.79 Å². The van der Waals surface area contributed by atoms with Crippen molar-refractivity contribution in [3.63, 3.8) is 0 Å². The predicted octanol–water partition coefficient (Wildman–Crippen LogP) is 3.61. The average molecular weight is 406 g/mol. The molecule has 1 amide bonds. The van der Waals surface area contributed by atoms with E-state index in [4.69, 9.17) is 4.98 Å². The molecule has 0 aromatic carbocycles. The molecule has 0 fully saturated rings. The molecule has 3 N–H and O–H groups in total. The Bertz CT molecular complexity index is 1210. The van der Waals surface area contributed by atoms with Gasteiger partial charge in [0.05, 0.1) is 35.5 Å². The maximum absolute atomic E-state index is 12.2. The third kappa shape index (κ3) is 3.60. The number of aromatic nitrogens is 5. The lowest BCUT2D eigenvalue weighted by Crippen LogP contribution is -2.28. The van der Waals surface area contributed by atoms with E-state index in [0.29, 0.717) is 6.54 Å². The number of imidazole rings is 1. The number of nitrogens with zero attached hydrogens (tertiary/aromatic N) is 4. The molecule has 156 valence electrons. The van der Waals surface area contributed by atoms with Crippen LogP contribution in [0.25, 0.3) is 33.5 Å². The fourth-order valence-electron chi connectivity index (χ4n) is 3.75. The summed E-state index contributed by atoms with van der Waals surface area (Å²) < 4.78 is 1.99. The summed E-state index contributed by atoms with van der Waals surface area (Å²) in [7, 11) is 3.81. The fraction of sp³-hybridized carbons (Fsp3) is 0.364. The molecular formula is C22H27N7O. The van der Waals surface area contributed by atoms with Crippen LogP contribution < -0.4 is 10.6 Å². The monoisotopic (exact) mass is 405 g/mol. The smallest absolute Gasteiger partial charge is 0.223 e. The van der Waals surface area contributed by atoms with E-state index in [-0.39, 0.29) is 11.8 Å². The first-order valence-corrected chi connectivity index (χ1v) is 10.3. The van der Waals surface area contributed by atoms with Crippen LogP contribution in [-0.2, 0) is 18.4 Å². The van der Waals surface area contributed by atoms with Gasteiger partial charge < -0.3 is 20.2 Å². The second kappa shape index (κ2) is 8.14. The molecule has 0 saturated heterocycles. The number of hydrogen-bond donors (Lipinski definition) is 3. The number of carbonyl (C=O) groups excluding carboxylic acids is 1. The molecule has 0 aliphatic rings. The summed E-state index contributed by atoms with van der Waals surface area (Å²) in [4.78, 5) is 29.5. The lowest BCUT2D eigenvalue weighted by atomic mass is 10.1. The quantitative estimate of drug-likeness (QED) is 0.436. The van der Waals surface area contributed by atoms with Gasteiger partial charge in [0.2, 0.25) is 5.91 Å². The molecule has 0 aliphatic carbocycles. The van der Waals surface area contributed by atoms with Gasteiger partial charge >= 0.3 is 0 Å². The molecule has 8 heteroatoms. The van der Waals surface area contributed by atoms with Gasteiger partial charge in [-0.15, -0.1) is 0 Å². The van der Waals surface area contributed by atoms with Gasteiger partial charge in [0, 0.05) is 25.4 Å². The number of aromatic amines is 1. The summed E-state index contributed by atoms with van der Waals surface area (Å²) in [5.41, 5.74) is 5.13. The number of carbonyl (C=O) groups is 1. The van der Waals surface area contributed by atoms with Crippen molar-refractivity contribution >= 4 is 33.8 Å². The number of aryl methyl sites for hydroxylation is 1. The highest BCUT2D eigenvalue weighted by atomic mass is 16.1. The highest BCUT2D eigenvalue weighted by molar-refractivity contribution is 6.07. The summed E-state index contributed by atoms with van der Waals surface area (Å²) >= 11 is 0. The van der Waals surface area contributed by atoms with Crippen LogP contribution in [0.4, 0.5) is 5.82 Å². The number of pyridine rings is 2. The van der Waals surface area contributed by atoms with Crippen LogP contribution in [0.3, 0.4) is 0 Å². The van der Waals surface area contributed by atoms with Gasteiger partial charge in [-0.1, -0.05) is 26.3 Å².